The first-order valence-corrected chi connectivity index (χ1v) is 11.9. The number of carbonyl (C=O) groups is 2. The highest BCUT2D eigenvalue weighted by Gasteiger charge is 2.30. The maximum absolute atomic E-state index is 12.4. The highest BCUT2D eigenvalue weighted by Crippen LogP contribution is 2.25. The molecule has 2 heterocycles. The molecular weight excluding hydrogens is 410 g/mol. The van der Waals surface area contributed by atoms with E-state index in [1.165, 1.54) is 11.8 Å². The number of benzene rings is 1. The van der Waals surface area contributed by atoms with Crippen LogP contribution in [0.2, 0.25) is 0 Å². The summed E-state index contributed by atoms with van der Waals surface area (Å²) < 4.78 is 0. The second kappa shape index (κ2) is 9.68. The summed E-state index contributed by atoms with van der Waals surface area (Å²) >= 11 is 1.37. The molecule has 2 aromatic rings. The molecule has 1 aliphatic carbocycles. The maximum Gasteiger partial charge on any atom is 0.234 e. The Bertz CT molecular complexity index is 925. The summed E-state index contributed by atoms with van der Waals surface area (Å²) in [5, 5.41) is 15.5. The Labute approximate surface area is 187 Å². The second-order valence-electron chi connectivity index (χ2n) is 8.40. The molecule has 1 unspecified atom stereocenters. The number of para-hydroxylation sites is 1. The number of aromatic nitrogens is 2. The number of carbonyl (C=O) groups excluding carboxylic acids is 2. The first kappa shape index (κ1) is 21.6. The van der Waals surface area contributed by atoms with Crippen LogP contribution in [0.3, 0.4) is 0 Å². The molecule has 2 aliphatic rings. The Morgan fingerprint density at radius 1 is 1.10 bits per heavy atom. The average Bonchev–Trinajstić information content (AvgIpc) is 3.59. The highest BCUT2D eigenvalue weighted by molar-refractivity contribution is 7.99. The molecule has 8 heteroatoms. The van der Waals surface area contributed by atoms with Crippen molar-refractivity contribution in [3.8, 4) is 0 Å². The second-order valence-corrected chi connectivity index (χ2v) is 9.40. The lowest BCUT2D eigenvalue weighted by atomic mass is 9.97. The summed E-state index contributed by atoms with van der Waals surface area (Å²) in [6, 6.07) is 10.2. The van der Waals surface area contributed by atoms with E-state index in [2.05, 4.69) is 25.7 Å². The first-order chi connectivity index (χ1) is 15.0. The van der Waals surface area contributed by atoms with Gasteiger partial charge in [0.05, 0.1) is 11.7 Å². The van der Waals surface area contributed by atoms with Crippen molar-refractivity contribution in [2.45, 2.75) is 50.6 Å². The third-order valence-corrected chi connectivity index (χ3v) is 6.68. The smallest absolute Gasteiger partial charge is 0.234 e. The van der Waals surface area contributed by atoms with Crippen LogP contribution in [0.5, 0.6) is 0 Å². The predicted molar refractivity (Wildman–Crippen MR) is 123 cm³/mol. The topological polar surface area (TPSA) is 87.2 Å². The molecular formula is C23H29N5O2S. The monoisotopic (exact) mass is 439 g/mol. The summed E-state index contributed by atoms with van der Waals surface area (Å²) in [6.07, 6.45) is 4.11. The molecule has 0 spiro atoms. The standard InChI is InChI=1S/C23H29N5O2S/c1-15-5-3-6-16(2)22(15)25-20(29)14-31-21-11-10-19(26-27-21)28-12-4-7-17(13-28)23(30)24-18-8-9-18/h3,5-6,10-11,17-18H,4,7-9,12-14H2,1-2H3,(H,24,30)(H,25,29). The van der Waals surface area contributed by atoms with Gasteiger partial charge in [0.1, 0.15) is 5.03 Å². The first-order valence-electron chi connectivity index (χ1n) is 10.9. The third-order valence-electron chi connectivity index (χ3n) is 5.76. The summed E-state index contributed by atoms with van der Waals surface area (Å²) in [5.74, 6) is 1.18. The summed E-state index contributed by atoms with van der Waals surface area (Å²) in [6.45, 7) is 5.53. The Balaban J connectivity index is 1.28. The number of nitrogens with zero attached hydrogens (tertiary/aromatic N) is 3. The molecule has 31 heavy (non-hydrogen) atoms. The molecule has 2 amide bonds. The van der Waals surface area contributed by atoms with Crippen molar-refractivity contribution in [1.29, 1.82) is 0 Å². The number of aryl methyl sites for hydroxylation is 2. The highest BCUT2D eigenvalue weighted by atomic mass is 32.2. The van der Waals surface area contributed by atoms with E-state index in [0.717, 1.165) is 54.9 Å². The zero-order chi connectivity index (χ0) is 21.8. The van der Waals surface area contributed by atoms with Crippen LogP contribution in [0.4, 0.5) is 11.5 Å². The molecule has 1 aromatic carbocycles. The molecule has 0 radical (unpaired) electrons. The van der Waals surface area contributed by atoms with Gasteiger partial charge in [0.25, 0.3) is 0 Å². The van der Waals surface area contributed by atoms with Crippen molar-refractivity contribution in [3.05, 3.63) is 41.5 Å². The average molecular weight is 440 g/mol. The van der Waals surface area contributed by atoms with Crippen molar-refractivity contribution in [2.24, 2.45) is 5.92 Å². The summed E-state index contributed by atoms with van der Waals surface area (Å²) in [5.41, 5.74) is 2.97. The number of nitrogens with one attached hydrogen (secondary N) is 2. The normalized spacial score (nSPS) is 18.5. The van der Waals surface area contributed by atoms with Crippen LogP contribution in [-0.4, -0.2) is 46.9 Å². The number of amides is 2. The van der Waals surface area contributed by atoms with Gasteiger partial charge in [-0.2, -0.15) is 0 Å². The minimum atomic E-state index is -0.0613. The van der Waals surface area contributed by atoms with E-state index >= 15 is 0 Å². The number of thioether (sulfide) groups is 1. The molecule has 4 rings (SSSR count). The Hall–Kier alpha value is -2.61. The van der Waals surface area contributed by atoms with Crippen LogP contribution >= 0.6 is 11.8 Å². The number of rotatable bonds is 7. The van der Waals surface area contributed by atoms with Gasteiger partial charge in [-0.25, -0.2) is 0 Å². The Morgan fingerprint density at radius 2 is 1.87 bits per heavy atom. The number of hydrogen-bond donors (Lipinski definition) is 2. The summed E-state index contributed by atoms with van der Waals surface area (Å²) in [7, 11) is 0. The van der Waals surface area contributed by atoms with Gasteiger partial charge in [-0.05, 0) is 62.8 Å². The molecule has 2 fully saturated rings. The van der Waals surface area contributed by atoms with E-state index in [-0.39, 0.29) is 23.5 Å². The molecule has 0 bridgehead atoms. The fourth-order valence-electron chi connectivity index (χ4n) is 3.83. The predicted octanol–water partition coefficient (Wildman–Crippen LogP) is 3.32. The molecule has 1 atom stereocenters. The Kier molecular flexibility index (Phi) is 6.75. The van der Waals surface area contributed by atoms with Gasteiger partial charge < -0.3 is 15.5 Å². The molecule has 1 saturated carbocycles. The van der Waals surface area contributed by atoms with Gasteiger partial charge in [0, 0.05) is 24.8 Å². The van der Waals surface area contributed by atoms with Crippen LogP contribution in [0, 0.1) is 19.8 Å². The van der Waals surface area contributed by atoms with Crippen LogP contribution in [-0.2, 0) is 9.59 Å². The zero-order valence-corrected chi connectivity index (χ0v) is 18.9. The largest absolute Gasteiger partial charge is 0.354 e. The van der Waals surface area contributed by atoms with E-state index < -0.39 is 0 Å². The molecule has 1 saturated heterocycles. The van der Waals surface area contributed by atoms with Gasteiger partial charge in [0.15, 0.2) is 5.82 Å². The van der Waals surface area contributed by atoms with E-state index in [1.807, 2.05) is 44.2 Å². The lowest BCUT2D eigenvalue weighted by Crippen LogP contribution is -2.44. The van der Waals surface area contributed by atoms with E-state index in [0.29, 0.717) is 17.6 Å². The number of piperidine rings is 1. The minimum Gasteiger partial charge on any atom is -0.354 e. The fourth-order valence-corrected chi connectivity index (χ4v) is 4.45. The number of hydrogen-bond acceptors (Lipinski definition) is 6. The van der Waals surface area contributed by atoms with E-state index in [1.54, 1.807) is 0 Å². The maximum atomic E-state index is 12.4. The van der Waals surface area contributed by atoms with E-state index in [9.17, 15) is 9.59 Å². The minimum absolute atomic E-state index is 0.0128. The molecule has 1 aromatic heterocycles. The molecule has 164 valence electrons. The lowest BCUT2D eigenvalue weighted by Gasteiger charge is -2.32. The van der Waals surface area contributed by atoms with Gasteiger partial charge in [0.2, 0.25) is 11.8 Å². The van der Waals surface area contributed by atoms with Gasteiger partial charge in [-0.3, -0.25) is 9.59 Å². The van der Waals surface area contributed by atoms with Crippen molar-refractivity contribution in [3.63, 3.8) is 0 Å². The van der Waals surface area contributed by atoms with Crippen molar-refractivity contribution in [2.75, 3.05) is 29.1 Å². The van der Waals surface area contributed by atoms with Crippen LogP contribution < -0.4 is 15.5 Å². The van der Waals surface area contributed by atoms with Crippen LogP contribution in [0.25, 0.3) is 0 Å². The lowest BCUT2D eigenvalue weighted by molar-refractivity contribution is -0.125. The van der Waals surface area contributed by atoms with Gasteiger partial charge in [-0.15, -0.1) is 10.2 Å². The van der Waals surface area contributed by atoms with Crippen molar-refractivity contribution < 1.29 is 9.59 Å². The van der Waals surface area contributed by atoms with Gasteiger partial charge in [-0.1, -0.05) is 30.0 Å². The number of anilines is 2. The van der Waals surface area contributed by atoms with Gasteiger partial charge >= 0.3 is 0 Å². The Morgan fingerprint density at radius 3 is 2.55 bits per heavy atom. The SMILES string of the molecule is Cc1cccc(C)c1NC(=O)CSc1ccc(N2CCCC(C(=O)NC3CC3)C2)nn1. The third kappa shape index (κ3) is 5.76. The summed E-state index contributed by atoms with van der Waals surface area (Å²) in [4.78, 5) is 26.9. The fraction of sp³-hybridized carbons (Fsp3) is 0.478. The quantitative estimate of drug-likeness (QED) is 0.644. The van der Waals surface area contributed by atoms with E-state index in [4.69, 9.17) is 0 Å². The van der Waals surface area contributed by atoms with Crippen LogP contribution in [0.15, 0.2) is 35.4 Å². The zero-order valence-electron chi connectivity index (χ0n) is 18.1. The van der Waals surface area contributed by atoms with Crippen molar-refractivity contribution in [1.82, 2.24) is 15.5 Å². The van der Waals surface area contributed by atoms with Crippen LogP contribution in [0.1, 0.15) is 36.8 Å². The molecule has 1 aliphatic heterocycles. The van der Waals surface area contributed by atoms with Crippen molar-refractivity contribution >= 4 is 35.1 Å². The molecule has 7 nitrogen and oxygen atoms in total. The molecule has 2 N–H and O–H groups in total.